The molecule has 1 aliphatic carbocycles. The van der Waals surface area contributed by atoms with E-state index in [0.29, 0.717) is 42.2 Å². The van der Waals surface area contributed by atoms with Crippen molar-refractivity contribution in [2.24, 2.45) is 16.3 Å². The smallest absolute Gasteiger partial charge is 0.336 e. The SMILES string of the molecule is CCCOc1ccc([C@H]2C(C(=O)OCc3ccccc3)=C(C)N=C3CC(C)(C)CC(=O)C32)cc1OC. The summed E-state index contributed by atoms with van der Waals surface area (Å²) in [7, 11) is 1.59. The lowest BCUT2D eigenvalue weighted by Gasteiger charge is -2.41. The summed E-state index contributed by atoms with van der Waals surface area (Å²) in [5, 5.41) is 0. The van der Waals surface area contributed by atoms with Gasteiger partial charge >= 0.3 is 5.97 Å². The Morgan fingerprint density at radius 1 is 1.06 bits per heavy atom. The predicted octanol–water partition coefficient (Wildman–Crippen LogP) is 6.04. The fourth-order valence-electron chi connectivity index (χ4n) is 5.23. The molecule has 6 heteroatoms. The molecule has 2 aromatic carbocycles. The minimum atomic E-state index is -0.506. The lowest BCUT2D eigenvalue weighted by atomic mass is 9.63. The molecule has 0 radical (unpaired) electrons. The van der Waals surface area contributed by atoms with Crippen molar-refractivity contribution < 1.29 is 23.8 Å². The van der Waals surface area contributed by atoms with Gasteiger partial charge in [-0.25, -0.2) is 4.79 Å². The van der Waals surface area contributed by atoms with Crippen LogP contribution in [0.1, 0.15) is 64.0 Å². The molecule has 6 nitrogen and oxygen atoms in total. The van der Waals surface area contributed by atoms with E-state index in [0.717, 1.165) is 23.3 Å². The average Bonchev–Trinajstić information content (AvgIpc) is 2.85. The number of esters is 1. The highest BCUT2D eigenvalue weighted by Gasteiger charge is 2.47. The number of hydrogen-bond donors (Lipinski definition) is 0. The number of ketones is 1. The van der Waals surface area contributed by atoms with Crippen LogP contribution >= 0.6 is 0 Å². The lowest BCUT2D eigenvalue weighted by Crippen LogP contribution is -2.44. The highest BCUT2D eigenvalue weighted by molar-refractivity contribution is 6.12. The van der Waals surface area contributed by atoms with E-state index in [1.54, 1.807) is 7.11 Å². The maximum atomic E-state index is 13.5. The summed E-state index contributed by atoms with van der Waals surface area (Å²) in [5.41, 5.74) is 3.40. The van der Waals surface area contributed by atoms with Gasteiger partial charge in [0.1, 0.15) is 12.4 Å². The third-order valence-electron chi connectivity index (χ3n) is 6.80. The van der Waals surface area contributed by atoms with E-state index in [-0.39, 0.29) is 17.8 Å². The number of methoxy groups -OCH3 is 1. The van der Waals surface area contributed by atoms with E-state index in [2.05, 4.69) is 13.8 Å². The van der Waals surface area contributed by atoms with E-state index in [1.165, 1.54) is 0 Å². The van der Waals surface area contributed by atoms with Crippen LogP contribution in [0, 0.1) is 11.3 Å². The van der Waals surface area contributed by atoms with Gasteiger partial charge in [0.25, 0.3) is 0 Å². The molecule has 1 unspecified atom stereocenters. The van der Waals surface area contributed by atoms with Crippen LogP contribution in [0.25, 0.3) is 0 Å². The Bertz CT molecular complexity index is 1200. The first-order chi connectivity index (χ1) is 17.2. The molecule has 190 valence electrons. The van der Waals surface area contributed by atoms with Gasteiger partial charge in [-0.2, -0.15) is 0 Å². The molecule has 1 heterocycles. The van der Waals surface area contributed by atoms with Gasteiger partial charge in [0, 0.05) is 23.7 Å². The molecular weight excluding hydrogens is 454 g/mol. The number of Topliss-reactive ketones (excluding diaryl/α,β-unsaturated/α-hetero) is 1. The molecule has 2 aliphatic rings. The molecule has 36 heavy (non-hydrogen) atoms. The molecule has 0 spiro atoms. The first kappa shape index (κ1) is 25.7. The number of rotatable bonds is 8. The van der Waals surface area contributed by atoms with Crippen LogP contribution in [0.3, 0.4) is 0 Å². The third kappa shape index (κ3) is 5.38. The number of allylic oxidation sites excluding steroid dienone is 1. The number of benzene rings is 2. The number of ether oxygens (including phenoxy) is 3. The van der Waals surface area contributed by atoms with Crippen LogP contribution in [0.5, 0.6) is 11.5 Å². The second-order valence-electron chi connectivity index (χ2n) is 10.4. The van der Waals surface area contributed by atoms with Crippen LogP contribution in [0.15, 0.2) is 64.8 Å². The van der Waals surface area contributed by atoms with E-state index in [9.17, 15) is 9.59 Å². The monoisotopic (exact) mass is 489 g/mol. The summed E-state index contributed by atoms with van der Waals surface area (Å²) in [4.78, 5) is 31.9. The summed E-state index contributed by atoms with van der Waals surface area (Å²) in [6.45, 7) is 8.77. The van der Waals surface area contributed by atoms with Crippen molar-refractivity contribution in [2.45, 2.75) is 59.5 Å². The van der Waals surface area contributed by atoms with Crippen LogP contribution < -0.4 is 9.47 Å². The Hall–Kier alpha value is -3.41. The van der Waals surface area contributed by atoms with Crippen molar-refractivity contribution in [1.29, 1.82) is 0 Å². The maximum Gasteiger partial charge on any atom is 0.336 e. The summed E-state index contributed by atoms with van der Waals surface area (Å²) >= 11 is 0. The molecule has 1 fully saturated rings. The second-order valence-corrected chi connectivity index (χ2v) is 10.4. The largest absolute Gasteiger partial charge is 0.493 e. The minimum Gasteiger partial charge on any atom is -0.493 e. The van der Waals surface area contributed by atoms with E-state index in [4.69, 9.17) is 19.2 Å². The van der Waals surface area contributed by atoms with Crippen molar-refractivity contribution in [3.8, 4) is 11.5 Å². The summed E-state index contributed by atoms with van der Waals surface area (Å²) in [5.74, 6) is -0.152. The van der Waals surface area contributed by atoms with Gasteiger partial charge in [-0.3, -0.25) is 9.79 Å². The summed E-state index contributed by atoms with van der Waals surface area (Å²) < 4.78 is 17.2. The number of fused-ring (bicyclic) bond motifs is 1. The normalized spacial score (nSPS) is 20.9. The van der Waals surface area contributed by atoms with E-state index < -0.39 is 17.8 Å². The Kier molecular flexibility index (Phi) is 7.62. The zero-order chi connectivity index (χ0) is 25.9. The zero-order valence-electron chi connectivity index (χ0n) is 21.8. The quantitative estimate of drug-likeness (QED) is 0.422. The molecule has 0 N–H and O–H groups in total. The fourth-order valence-corrected chi connectivity index (χ4v) is 5.23. The van der Waals surface area contributed by atoms with Gasteiger partial charge in [-0.1, -0.05) is 57.2 Å². The van der Waals surface area contributed by atoms with Crippen molar-refractivity contribution >= 4 is 17.5 Å². The van der Waals surface area contributed by atoms with Crippen LogP contribution in [0.4, 0.5) is 0 Å². The van der Waals surface area contributed by atoms with E-state index in [1.807, 2.05) is 62.4 Å². The first-order valence-corrected chi connectivity index (χ1v) is 12.6. The average molecular weight is 490 g/mol. The van der Waals surface area contributed by atoms with Gasteiger partial charge in [-0.05, 0) is 48.4 Å². The second kappa shape index (κ2) is 10.7. The minimum absolute atomic E-state index is 0.0983. The first-order valence-electron chi connectivity index (χ1n) is 12.6. The van der Waals surface area contributed by atoms with Gasteiger partial charge in [-0.15, -0.1) is 0 Å². The number of hydrogen-bond acceptors (Lipinski definition) is 6. The highest BCUT2D eigenvalue weighted by Crippen LogP contribution is 2.48. The molecular formula is C30H35NO5. The lowest BCUT2D eigenvalue weighted by molar-refractivity contribution is -0.140. The Morgan fingerprint density at radius 2 is 1.81 bits per heavy atom. The maximum absolute atomic E-state index is 13.5. The van der Waals surface area contributed by atoms with Gasteiger partial charge < -0.3 is 14.2 Å². The van der Waals surface area contributed by atoms with E-state index >= 15 is 0 Å². The van der Waals surface area contributed by atoms with Crippen LogP contribution in [-0.2, 0) is 20.9 Å². The van der Waals surface area contributed by atoms with Gasteiger partial charge in [0.15, 0.2) is 11.5 Å². The number of nitrogens with zero attached hydrogens (tertiary/aromatic N) is 1. The summed E-state index contributed by atoms with van der Waals surface area (Å²) in [6.07, 6.45) is 2.02. The Morgan fingerprint density at radius 3 is 2.50 bits per heavy atom. The Labute approximate surface area is 213 Å². The molecule has 2 aromatic rings. The van der Waals surface area contributed by atoms with Gasteiger partial charge in [0.2, 0.25) is 0 Å². The Balaban J connectivity index is 1.76. The van der Waals surface area contributed by atoms with Gasteiger partial charge in [0.05, 0.1) is 25.2 Å². The van der Waals surface area contributed by atoms with Crippen molar-refractivity contribution in [1.82, 2.24) is 0 Å². The molecule has 0 bridgehead atoms. The topological polar surface area (TPSA) is 74.2 Å². The van der Waals surface area contributed by atoms with Crippen LogP contribution in [0.2, 0.25) is 0 Å². The number of carbonyl (C=O) groups excluding carboxylic acids is 2. The molecule has 0 saturated heterocycles. The third-order valence-corrected chi connectivity index (χ3v) is 6.80. The molecule has 1 aliphatic heterocycles. The summed E-state index contributed by atoms with van der Waals surface area (Å²) in [6, 6.07) is 15.2. The molecule has 4 rings (SSSR count). The van der Waals surface area contributed by atoms with Crippen molar-refractivity contribution in [2.75, 3.05) is 13.7 Å². The zero-order valence-corrected chi connectivity index (χ0v) is 21.8. The van der Waals surface area contributed by atoms with Crippen LogP contribution in [-0.4, -0.2) is 31.2 Å². The molecule has 1 saturated carbocycles. The number of aliphatic imine (C=N–C) groups is 1. The fraction of sp³-hybridized carbons (Fsp3) is 0.433. The standard InChI is InChI=1S/C30H35NO5/c1-6-14-35-24-13-12-21(15-25(24)34-5)27-26(29(33)36-18-20-10-8-7-9-11-20)19(2)31-22-16-30(3,4)17-23(32)28(22)27/h7-13,15,27-28H,6,14,16-18H2,1-5H3/t27-,28?/m0/s1. The van der Waals surface area contributed by atoms with Crippen molar-refractivity contribution in [3.63, 3.8) is 0 Å². The highest BCUT2D eigenvalue weighted by atomic mass is 16.5. The number of carbonyl (C=O) groups is 2. The molecule has 0 amide bonds. The van der Waals surface area contributed by atoms with Crippen molar-refractivity contribution in [3.05, 3.63) is 70.9 Å². The predicted molar refractivity (Wildman–Crippen MR) is 139 cm³/mol. The molecule has 2 atom stereocenters. The molecule has 0 aromatic heterocycles.